The Balaban J connectivity index is 2.27. The molecule has 2 N–H and O–H groups in total. The van der Waals surface area contributed by atoms with Gasteiger partial charge in [-0.2, -0.15) is 0 Å². The Hall–Kier alpha value is -2.43. The van der Waals surface area contributed by atoms with E-state index in [0.29, 0.717) is 5.69 Å². The molecule has 0 aliphatic rings. The third-order valence-electron chi connectivity index (χ3n) is 2.45. The van der Waals surface area contributed by atoms with E-state index in [2.05, 4.69) is 10.3 Å². The predicted molar refractivity (Wildman–Crippen MR) is 65.0 cm³/mol. The van der Waals surface area contributed by atoms with Gasteiger partial charge in [0, 0.05) is 11.9 Å². The molecule has 0 bridgehead atoms. The maximum atomic E-state index is 13.1. The van der Waals surface area contributed by atoms with Gasteiger partial charge < -0.3 is 10.4 Å². The number of nitrogens with zero attached hydrogens (tertiary/aromatic N) is 1. The normalized spacial score (nSPS) is 10.1. The Morgan fingerprint density at radius 3 is 2.89 bits per heavy atom. The third kappa shape index (κ3) is 2.45. The fourth-order valence-corrected chi connectivity index (χ4v) is 1.48. The van der Waals surface area contributed by atoms with Gasteiger partial charge in [0.15, 0.2) is 5.69 Å². The van der Waals surface area contributed by atoms with Crippen molar-refractivity contribution in [3.63, 3.8) is 0 Å². The van der Waals surface area contributed by atoms with E-state index < -0.39 is 11.7 Å². The summed E-state index contributed by atoms with van der Waals surface area (Å²) in [7, 11) is 0. The van der Waals surface area contributed by atoms with Crippen molar-refractivity contribution in [2.24, 2.45) is 0 Å². The molecule has 2 aromatic rings. The highest BCUT2D eigenvalue weighted by atomic mass is 19.1. The Bertz CT molecular complexity index is 599. The number of halogens is 1. The van der Waals surface area contributed by atoms with E-state index in [1.54, 1.807) is 13.0 Å². The van der Waals surface area contributed by atoms with Gasteiger partial charge in [0.2, 0.25) is 0 Å². The zero-order valence-electron chi connectivity index (χ0n) is 9.64. The molecule has 18 heavy (non-hydrogen) atoms. The quantitative estimate of drug-likeness (QED) is 0.855. The maximum Gasteiger partial charge on any atom is 0.278 e. The molecule has 1 amide bonds. The second kappa shape index (κ2) is 4.83. The average molecular weight is 246 g/mol. The molecule has 0 radical (unpaired) electrons. The molecule has 0 aliphatic heterocycles. The lowest BCUT2D eigenvalue weighted by Gasteiger charge is -2.08. The number of aromatic hydroxyl groups is 1. The molecule has 0 fully saturated rings. The van der Waals surface area contributed by atoms with Gasteiger partial charge in [0.25, 0.3) is 5.91 Å². The molecule has 4 nitrogen and oxygen atoms in total. The first-order valence-electron chi connectivity index (χ1n) is 5.29. The number of aromatic nitrogens is 1. The van der Waals surface area contributed by atoms with Crippen molar-refractivity contribution in [1.82, 2.24) is 4.98 Å². The number of pyridine rings is 1. The average Bonchev–Trinajstić information content (AvgIpc) is 2.34. The van der Waals surface area contributed by atoms with E-state index in [0.717, 1.165) is 5.56 Å². The first-order valence-corrected chi connectivity index (χ1v) is 5.29. The second-order valence-electron chi connectivity index (χ2n) is 3.78. The first-order chi connectivity index (χ1) is 8.58. The largest absolute Gasteiger partial charge is 0.505 e. The molecule has 1 aromatic carbocycles. The lowest BCUT2D eigenvalue weighted by Crippen LogP contribution is -2.14. The van der Waals surface area contributed by atoms with E-state index in [4.69, 9.17) is 0 Å². The maximum absolute atomic E-state index is 13.1. The van der Waals surface area contributed by atoms with Gasteiger partial charge in [-0.05, 0) is 36.8 Å². The molecule has 1 aromatic heterocycles. The van der Waals surface area contributed by atoms with Crippen molar-refractivity contribution in [3.05, 3.63) is 53.6 Å². The lowest BCUT2D eigenvalue weighted by molar-refractivity contribution is 0.101. The van der Waals surface area contributed by atoms with E-state index >= 15 is 0 Å². The smallest absolute Gasteiger partial charge is 0.278 e. The minimum absolute atomic E-state index is 0.0961. The Kier molecular flexibility index (Phi) is 3.23. The van der Waals surface area contributed by atoms with Gasteiger partial charge in [0.05, 0.1) is 0 Å². The number of carbonyl (C=O) groups is 1. The minimum Gasteiger partial charge on any atom is -0.505 e. The Morgan fingerprint density at radius 1 is 1.39 bits per heavy atom. The third-order valence-corrected chi connectivity index (χ3v) is 2.45. The number of amides is 1. The van der Waals surface area contributed by atoms with Crippen LogP contribution in [0.2, 0.25) is 0 Å². The summed E-state index contributed by atoms with van der Waals surface area (Å²) >= 11 is 0. The number of rotatable bonds is 2. The standard InChI is InChI=1S/C13H11FN2O2/c1-8-4-5-9(14)7-10(8)16-13(18)12-11(17)3-2-6-15-12/h2-7,17H,1H3,(H,16,18). The fraction of sp³-hybridized carbons (Fsp3) is 0.0769. The van der Waals surface area contributed by atoms with Gasteiger partial charge in [0.1, 0.15) is 11.6 Å². The van der Waals surface area contributed by atoms with Crippen LogP contribution in [0.15, 0.2) is 36.5 Å². The molecule has 92 valence electrons. The van der Waals surface area contributed by atoms with Crippen LogP contribution >= 0.6 is 0 Å². The molecular weight excluding hydrogens is 235 g/mol. The zero-order valence-corrected chi connectivity index (χ0v) is 9.64. The molecule has 0 unspecified atom stereocenters. The van der Waals surface area contributed by atoms with Crippen LogP contribution < -0.4 is 5.32 Å². The van der Waals surface area contributed by atoms with Crippen molar-refractivity contribution in [3.8, 4) is 5.75 Å². The summed E-state index contributed by atoms with van der Waals surface area (Å²) in [5.41, 5.74) is 0.978. The van der Waals surface area contributed by atoms with E-state index in [1.807, 2.05) is 0 Å². The summed E-state index contributed by atoms with van der Waals surface area (Å²) < 4.78 is 13.1. The molecule has 1 heterocycles. The lowest BCUT2D eigenvalue weighted by atomic mass is 10.2. The summed E-state index contributed by atoms with van der Waals surface area (Å²) in [6, 6.07) is 6.96. The molecular formula is C13H11FN2O2. The van der Waals surface area contributed by atoms with Crippen LogP contribution in [0, 0.1) is 12.7 Å². The summed E-state index contributed by atoms with van der Waals surface area (Å²) in [6.07, 6.45) is 1.40. The first kappa shape index (κ1) is 12.0. The Morgan fingerprint density at radius 2 is 2.17 bits per heavy atom. The SMILES string of the molecule is Cc1ccc(F)cc1NC(=O)c1ncccc1O. The molecule has 0 saturated heterocycles. The van der Waals surface area contributed by atoms with Gasteiger partial charge in [-0.15, -0.1) is 0 Å². The van der Waals surface area contributed by atoms with E-state index in [-0.39, 0.29) is 11.4 Å². The monoisotopic (exact) mass is 246 g/mol. The minimum atomic E-state index is -0.582. The topological polar surface area (TPSA) is 62.2 Å². The van der Waals surface area contributed by atoms with Crippen molar-refractivity contribution in [2.75, 3.05) is 5.32 Å². The van der Waals surface area contributed by atoms with Crippen LogP contribution in [0.3, 0.4) is 0 Å². The number of hydrogen-bond donors (Lipinski definition) is 2. The molecule has 2 rings (SSSR count). The summed E-state index contributed by atoms with van der Waals surface area (Å²) in [6.45, 7) is 1.74. The van der Waals surface area contributed by atoms with Gasteiger partial charge in [-0.25, -0.2) is 9.37 Å². The van der Waals surface area contributed by atoms with Crippen LogP contribution in [-0.2, 0) is 0 Å². The van der Waals surface area contributed by atoms with E-state index in [1.165, 1.54) is 30.5 Å². The van der Waals surface area contributed by atoms with Crippen LogP contribution in [-0.4, -0.2) is 16.0 Å². The fourth-order valence-electron chi connectivity index (χ4n) is 1.48. The number of hydrogen-bond acceptors (Lipinski definition) is 3. The van der Waals surface area contributed by atoms with Crippen molar-refractivity contribution in [1.29, 1.82) is 0 Å². The number of nitrogens with one attached hydrogen (secondary N) is 1. The molecule has 0 saturated carbocycles. The molecule has 0 aliphatic carbocycles. The summed E-state index contributed by atoms with van der Waals surface area (Å²) in [4.78, 5) is 15.6. The highest BCUT2D eigenvalue weighted by Gasteiger charge is 2.13. The Labute approximate surface area is 103 Å². The van der Waals surface area contributed by atoms with E-state index in [9.17, 15) is 14.3 Å². The number of benzene rings is 1. The second-order valence-corrected chi connectivity index (χ2v) is 3.78. The van der Waals surface area contributed by atoms with Gasteiger partial charge in [-0.1, -0.05) is 6.07 Å². The number of anilines is 1. The molecule has 0 spiro atoms. The van der Waals surface area contributed by atoms with Crippen molar-refractivity contribution >= 4 is 11.6 Å². The molecule has 0 atom stereocenters. The van der Waals surface area contributed by atoms with Crippen LogP contribution in [0.5, 0.6) is 5.75 Å². The number of carbonyl (C=O) groups excluding carboxylic acids is 1. The highest BCUT2D eigenvalue weighted by molar-refractivity contribution is 6.04. The van der Waals surface area contributed by atoms with Gasteiger partial charge >= 0.3 is 0 Å². The van der Waals surface area contributed by atoms with Crippen LogP contribution in [0.25, 0.3) is 0 Å². The van der Waals surface area contributed by atoms with Crippen LogP contribution in [0.1, 0.15) is 16.1 Å². The van der Waals surface area contributed by atoms with Crippen LogP contribution in [0.4, 0.5) is 10.1 Å². The van der Waals surface area contributed by atoms with Gasteiger partial charge in [-0.3, -0.25) is 4.79 Å². The molecule has 5 heteroatoms. The predicted octanol–water partition coefficient (Wildman–Crippen LogP) is 2.49. The van der Waals surface area contributed by atoms with Crippen molar-refractivity contribution in [2.45, 2.75) is 6.92 Å². The number of aryl methyl sites for hydroxylation is 1. The van der Waals surface area contributed by atoms with Crippen molar-refractivity contribution < 1.29 is 14.3 Å². The summed E-state index contributed by atoms with van der Waals surface area (Å²) in [5, 5.41) is 12.0. The summed E-state index contributed by atoms with van der Waals surface area (Å²) in [5.74, 6) is -1.24. The highest BCUT2D eigenvalue weighted by Crippen LogP contribution is 2.19. The zero-order chi connectivity index (χ0) is 13.1.